The van der Waals surface area contributed by atoms with Crippen molar-refractivity contribution in [1.29, 1.82) is 0 Å². The molecule has 0 radical (unpaired) electrons. The fraction of sp³-hybridized carbons (Fsp3) is 0.364. The maximum atomic E-state index is 11.6. The van der Waals surface area contributed by atoms with Crippen molar-refractivity contribution in [3.05, 3.63) is 30.3 Å². The number of hydrogen-bond donors (Lipinski definition) is 2. The van der Waals surface area contributed by atoms with Gasteiger partial charge in [-0.05, 0) is 19.1 Å². The quantitative estimate of drug-likeness (QED) is 0.789. The molecule has 0 bridgehead atoms. The van der Waals surface area contributed by atoms with Crippen molar-refractivity contribution in [2.24, 2.45) is 5.73 Å². The third-order valence-electron chi connectivity index (χ3n) is 1.93. The molecule has 4 nitrogen and oxygen atoms in total. The predicted octanol–water partition coefficient (Wildman–Crippen LogP) is 1.50. The lowest BCUT2D eigenvalue weighted by atomic mass is 10.3. The van der Waals surface area contributed by atoms with Gasteiger partial charge in [0.2, 0.25) is 0 Å². The second-order valence-corrected chi connectivity index (χ2v) is 3.65. The highest BCUT2D eigenvalue weighted by atomic mass is 16.2. The normalized spacial score (nSPS) is 11.9. The summed E-state index contributed by atoms with van der Waals surface area (Å²) < 4.78 is 0. The zero-order chi connectivity index (χ0) is 11.3. The van der Waals surface area contributed by atoms with Gasteiger partial charge in [0, 0.05) is 25.3 Å². The van der Waals surface area contributed by atoms with E-state index in [0.29, 0.717) is 6.54 Å². The topological polar surface area (TPSA) is 58.4 Å². The molecule has 4 heteroatoms. The second-order valence-electron chi connectivity index (χ2n) is 3.65. The Labute approximate surface area is 90.1 Å². The van der Waals surface area contributed by atoms with Crippen molar-refractivity contribution in [1.82, 2.24) is 4.90 Å². The Morgan fingerprint density at radius 3 is 2.60 bits per heavy atom. The summed E-state index contributed by atoms with van der Waals surface area (Å²) in [4.78, 5) is 13.2. The highest BCUT2D eigenvalue weighted by Crippen LogP contribution is 2.05. The number of benzene rings is 1. The number of para-hydroxylation sites is 1. The van der Waals surface area contributed by atoms with E-state index in [-0.39, 0.29) is 12.1 Å². The number of amides is 2. The third kappa shape index (κ3) is 3.99. The van der Waals surface area contributed by atoms with Crippen molar-refractivity contribution in [3.63, 3.8) is 0 Å². The number of likely N-dealkylation sites (N-methyl/N-ethyl adjacent to an activating group) is 1. The molecule has 15 heavy (non-hydrogen) atoms. The summed E-state index contributed by atoms with van der Waals surface area (Å²) >= 11 is 0. The zero-order valence-corrected chi connectivity index (χ0v) is 9.10. The molecule has 0 aliphatic heterocycles. The Morgan fingerprint density at radius 2 is 2.07 bits per heavy atom. The van der Waals surface area contributed by atoms with Crippen molar-refractivity contribution >= 4 is 11.7 Å². The average molecular weight is 207 g/mol. The van der Waals surface area contributed by atoms with Crippen molar-refractivity contribution < 1.29 is 4.79 Å². The molecule has 1 unspecified atom stereocenters. The van der Waals surface area contributed by atoms with E-state index < -0.39 is 0 Å². The van der Waals surface area contributed by atoms with E-state index in [2.05, 4.69) is 5.32 Å². The number of anilines is 1. The van der Waals surface area contributed by atoms with Crippen LogP contribution in [0.2, 0.25) is 0 Å². The van der Waals surface area contributed by atoms with Gasteiger partial charge in [-0.3, -0.25) is 0 Å². The van der Waals surface area contributed by atoms with E-state index in [9.17, 15) is 4.79 Å². The van der Waals surface area contributed by atoms with Gasteiger partial charge in [0.1, 0.15) is 0 Å². The molecule has 1 aromatic rings. The van der Waals surface area contributed by atoms with Crippen molar-refractivity contribution in [2.45, 2.75) is 13.0 Å². The predicted molar refractivity (Wildman–Crippen MR) is 61.7 cm³/mol. The first-order valence-corrected chi connectivity index (χ1v) is 4.92. The number of urea groups is 1. The molecule has 0 heterocycles. The van der Waals surface area contributed by atoms with Crippen LogP contribution in [0, 0.1) is 0 Å². The molecule has 3 N–H and O–H groups in total. The maximum absolute atomic E-state index is 11.6. The highest BCUT2D eigenvalue weighted by Gasteiger charge is 2.09. The SMILES string of the molecule is CC(N)CN(C)C(=O)Nc1ccccc1. The van der Waals surface area contributed by atoms with Gasteiger partial charge in [-0.1, -0.05) is 18.2 Å². The minimum absolute atomic E-state index is 0.0171. The van der Waals surface area contributed by atoms with Gasteiger partial charge in [-0.2, -0.15) is 0 Å². The lowest BCUT2D eigenvalue weighted by molar-refractivity contribution is 0.220. The standard InChI is InChI=1S/C11H17N3O/c1-9(12)8-14(2)11(15)13-10-6-4-3-5-7-10/h3-7,9H,8,12H2,1-2H3,(H,13,15). The van der Waals surface area contributed by atoms with Crippen LogP contribution in [0.3, 0.4) is 0 Å². The molecule has 0 aliphatic carbocycles. The first kappa shape index (κ1) is 11.5. The second kappa shape index (κ2) is 5.36. The Kier molecular flexibility index (Phi) is 4.12. The lowest BCUT2D eigenvalue weighted by Crippen LogP contribution is -2.39. The summed E-state index contributed by atoms with van der Waals surface area (Å²) in [5.74, 6) is 0. The fourth-order valence-electron chi connectivity index (χ4n) is 1.26. The number of nitrogens with two attached hydrogens (primary N) is 1. The summed E-state index contributed by atoms with van der Waals surface area (Å²) in [6.45, 7) is 2.41. The van der Waals surface area contributed by atoms with Gasteiger partial charge in [0.15, 0.2) is 0 Å². The Hall–Kier alpha value is -1.55. The van der Waals surface area contributed by atoms with Gasteiger partial charge >= 0.3 is 6.03 Å². The van der Waals surface area contributed by atoms with Crippen molar-refractivity contribution in [3.8, 4) is 0 Å². The van der Waals surface area contributed by atoms with E-state index in [1.165, 1.54) is 0 Å². The first-order valence-electron chi connectivity index (χ1n) is 4.92. The van der Waals surface area contributed by atoms with Gasteiger partial charge < -0.3 is 16.0 Å². The Morgan fingerprint density at radius 1 is 1.47 bits per heavy atom. The number of hydrogen-bond acceptors (Lipinski definition) is 2. The van der Waals surface area contributed by atoms with Crippen LogP contribution in [0.1, 0.15) is 6.92 Å². The van der Waals surface area contributed by atoms with Crippen LogP contribution in [0.5, 0.6) is 0 Å². The first-order chi connectivity index (χ1) is 7.09. The van der Waals surface area contributed by atoms with Crippen LogP contribution < -0.4 is 11.1 Å². The molecule has 0 aromatic heterocycles. The summed E-state index contributed by atoms with van der Waals surface area (Å²) in [5, 5.41) is 2.78. The number of nitrogens with zero attached hydrogens (tertiary/aromatic N) is 1. The number of nitrogens with one attached hydrogen (secondary N) is 1. The van der Waals surface area contributed by atoms with Crippen LogP contribution >= 0.6 is 0 Å². The summed E-state index contributed by atoms with van der Waals surface area (Å²) in [6.07, 6.45) is 0. The molecule has 0 saturated heterocycles. The Balaban J connectivity index is 2.49. The largest absolute Gasteiger partial charge is 0.326 e. The Bertz CT molecular complexity index is 311. The molecule has 0 fully saturated rings. The smallest absolute Gasteiger partial charge is 0.321 e. The van der Waals surface area contributed by atoms with Gasteiger partial charge in [0.05, 0.1) is 0 Å². The molecule has 1 aromatic carbocycles. The molecule has 2 amide bonds. The molecular formula is C11H17N3O. The van der Waals surface area contributed by atoms with Gasteiger partial charge in [-0.15, -0.1) is 0 Å². The van der Waals surface area contributed by atoms with E-state index in [0.717, 1.165) is 5.69 Å². The van der Waals surface area contributed by atoms with Crippen LogP contribution in [0.25, 0.3) is 0 Å². The molecule has 1 rings (SSSR count). The summed E-state index contributed by atoms with van der Waals surface area (Å²) in [5.41, 5.74) is 6.39. The monoisotopic (exact) mass is 207 g/mol. The minimum atomic E-state index is -0.140. The molecule has 1 atom stereocenters. The average Bonchev–Trinajstić information content (AvgIpc) is 2.18. The van der Waals surface area contributed by atoms with Gasteiger partial charge in [0.25, 0.3) is 0 Å². The molecule has 0 aliphatic rings. The van der Waals surface area contributed by atoms with E-state index >= 15 is 0 Å². The molecular weight excluding hydrogens is 190 g/mol. The maximum Gasteiger partial charge on any atom is 0.321 e. The number of carbonyl (C=O) groups excluding carboxylic acids is 1. The van der Waals surface area contributed by atoms with Crippen LogP contribution in [0.15, 0.2) is 30.3 Å². The highest BCUT2D eigenvalue weighted by molar-refractivity contribution is 5.89. The van der Waals surface area contributed by atoms with Crippen LogP contribution in [0.4, 0.5) is 10.5 Å². The van der Waals surface area contributed by atoms with E-state index in [1.54, 1.807) is 11.9 Å². The molecule has 0 spiro atoms. The van der Waals surface area contributed by atoms with Gasteiger partial charge in [-0.25, -0.2) is 4.79 Å². The minimum Gasteiger partial charge on any atom is -0.326 e. The van der Waals surface area contributed by atoms with E-state index in [1.807, 2.05) is 37.3 Å². The van der Waals surface area contributed by atoms with Crippen LogP contribution in [-0.2, 0) is 0 Å². The fourth-order valence-corrected chi connectivity index (χ4v) is 1.26. The number of rotatable bonds is 3. The molecule has 82 valence electrons. The third-order valence-corrected chi connectivity index (χ3v) is 1.93. The zero-order valence-electron chi connectivity index (χ0n) is 9.10. The van der Waals surface area contributed by atoms with Crippen molar-refractivity contribution in [2.75, 3.05) is 18.9 Å². The van der Waals surface area contributed by atoms with Crippen LogP contribution in [-0.4, -0.2) is 30.6 Å². The lowest BCUT2D eigenvalue weighted by Gasteiger charge is -2.19. The molecule has 0 saturated carbocycles. The van der Waals surface area contributed by atoms with E-state index in [4.69, 9.17) is 5.73 Å². The summed E-state index contributed by atoms with van der Waals surface area (Å²) in [6, 6.07) is 9.19. The summed E-state index contributed by atoms with van der Waals surface area (Å²) in [7, 11) is 1.72. The number of carbonyl (C=O) groups is 1.